The van der Waals surface area contributed by atoms with Crippen LogP contribution in [0.1, 0.15) is 17.2 Å². The molecule has 0 aliphatic carbocycles. The molecule has 3 rings (SSSR count). The number of halogens is 1. The van der Waals surface area contributed by atoms with Crippen LogP contribution in [0, 0.1) is 5.82 Å². The maximum Gasteiger partial charge on any atom is 0.137 e. The molecule has 2 aromatic carbocycles. The molecule has 1 N–H and O–H groups in total. The van der Waals surface area contributed by atoms with Crippen LogP contribution < -0.4 is 4.74 Å². The normalized spacial score (nSPS) is 12.3. The molecule has 0 amide bonds. The highest BCUT2D eigenvalue weighted by Gasteiger charge is 2.16. The summed E-state index contributed by atoms with van der Waals surface area (Å²) < 4.78 is 19.0. The molecule has 0 saturated heterocycles. The second-order valence-corrected chi connectivity index (χ2v) is 4.74. The fraction of sp³-hybridized carbons (Fsp3) is 0.118. The molecule has 0 saturated carbocycles. The van der Waals surface area contributed by atoms with Gasteiger partial charge in [0.05, 0.1) is 13.3 Å². The summed E-state index contributed by atoms with van der Waals surface area (Å²) in [5, 5.41) is 11.8. The Hall–Kier alpha value is -2.46. The van der Waals surface area contributed by atoms with E-state index in [0.717, 1.165) is 0 Å². The molecule has 21 heavy (non-hydrogen) atoms. The standard InChI is InChI=1S/C17H14FNO2/c1-21-12-8-11(9-19-10-12)17(20)15-6-7-16(18)14-5-3-2-4-13(14)15/h2-10,17,20H,1H3. The van der Waals surface area contributed by atoms with Crippen LogP contribution in [0.2, 0.25) is 0 Å². The minimum atomic E-state index is -0.891. The monoisotopic (exact) mass is 283 g/mol. The molecule has 0 aliphatic heterocycles. The predicted octanol–water partition coefficient (Wildman–Crippen LogP) is 3.46. The average molecular weight is 283 g/mol. The van der Waals surface area contributed by atoms with Crippen LogP contribution in [0.25, 0.3) is 10.8 Å². The lowest BCUT2D eigenvalue weighted by Crippen LogP contribution is -2.02. The topological polar surface area (TPSA) is 42.4 Å². The minimum Gasteiger partial charge on any atom is -0.495 e. The van der Waals surface area contributed by atoms with E-state index in [4.69, 9.17) is 4.74 Å². The molecule has 0 radical (unpaired) electrons. The Balaban J connectivity index is 2.13. The number of aliphatic hydroxyl groups excluding tert-OH is 1. The summed E-state index contributed by atoms with van der Waals surface area (Å²) in [5.74, 6) is 0.267. The third kappa shape index (κ3) is 2.45. The molecular formula is C17H14FNO2. The van der Waals surface area contributed by atoms with Crippen LogP contribution in [0.3, 0.4) is 0 Å². The van der Waals surface area contributed by atoms with Crippen molar-refractivity contribution < 1.29 is 14.2 Å². The Morgan fingerprint density at radius 2 is 1.86 bits per heavy atom. The summed E-state index contributed by atoms with van der Waals surface area (Å²) in [6, 6.07) is 11.8. The first-order valence-electron chi connectivity index (χ1n) is 6.55. The molecule has 1 atom stereocenters. The van der Waals surface area contributed by atoms with Gasteiger partial charge in [-0.25, -0.2) is 4.39 Å². The van der Waals surface area contributed by atoms with Crippen molar-refractivity contribution in [1.82, 2.24) is 4.98 Å². The van der Waals surface area contributed by atoms with Crippen LogP contribution in [-0.4, -0.2) is 17.2 Å². The van der Waals surface area contributed by atoms with E-state index < -0.39 is 6.10 Å². The highest BCUT2D eigenvalue weighted by molar-refractivity contribution is 5.86. The number of aliphatic hydroxyl groups is 1. The highest BCUT2D eigenvalue weighted by Crippen LogP contribution is 2.31. The average Bonchev–Trinajstić information content (AvgIpc) is 2.55. The Morgan fingerprint density at radius 1 is 1.10 bits per heavy atom. The van der Waals surface area contributed by atoms with Gasteiger partial charge in [-0.1, -0.05) is 30.3 Å². The largest absolute Gasteiger partial charge is 0.495 e. The first-order chi connectivity index (χ1) is 10.2. The van der Waals surface area contributed by atoms with Gasteiger partial charge in [-0.3, -0.25) is 4.98 Å². The SMILES string of the molecule is COc1cncc(C(O)c2ccc(F)c3ccccc23)c1. The lowest BCUT2D eigenvalue weighted by Gasteiger charge is -2.15. The van der Waals surface area contributed by atoms with E-state index in [2.05, 4.69) is 4.98 Å². The van der Waals surface area contributed by atoms with Gasteiger partial charge >= 0.3 is 0 Å². The number of benzene rings is 2. The van der Waals surface area contributed by atoms with Crippen LogP contribution >= 0.6 is 0 Å². The fourth-order valence-electron chi connectivity index (χ4n) is 2.40. The van der Waals surface area contributed by atoms with Crippen LogP contribution in [0.15, 0.2) is 54.9 Å². The van der Waals surface area contributed by atoms with E-state index >= 15 is 0 Å². The molecule has 4 heteroatoms. The molecule has 0 spiro atoms. The molecule has 1 heterocycles. The van der Waals surface area contributed by atoms with Crippen molar-refractivity contribution in [3.8, 4) is 5.75 Å². The Bertz CT molecular complexity index is 789. The number of fused-ring (bicyclic) bond motifs is 1. The second-order valence-electron chi connectivity index (χ2n) is 4.74. The van der Waals surface area contributed by atoms with Gasteiger partial charge in [-0.05, 0) is 23.1 Å². The number of hydrogen-bond donors (Lipinski definition) is 1. The van der Waals surface area contributed by atoms with Crippen molar-refractivity contribution in [3.63, 3.8) is 0 Å². The van der Waals surface area contributed by atoms with Crippen molar-refractivity contribution in [2.75, 3.05) is 7.11 Å². The number of nitrogens with zero attached hydrogens (tertiary/aromatic N) is 1. The summed E-state index contributed by atoms with van der Waals surface area (Å²) in [4.78, 5) is 4.04. The third-order valence-electron chi connectivity index (χ3n) is 3.48. The van der Waals surface area contributed by atoms with E-state index in [0.29, 0.717) is 27.6 Å². The van der Waals surface area contributed by atoms with E-state index in [1.807, 2.05) is 6.07 Å². The van der Waals surface area contributed by atoms with E-state index in [9.17, 15) is 9.50 Å². The van der Waals surface area contributed by atoms with Gasteiger partial charge in [-0.15, -0.1) is 0 Å². The maximum absolute atomic E-state index is 13.8. The zero-order valence-electron chi connectivity index (χ0n) is 11.5. The number of hydrogen-bond acceptors (Lipinski definition) is 3. The maximum atomic E-state index is 13.8. The zero-order valence-corrected chi connectivity index (χ0v) is 11.5. The van der Waals surface area contributed by atoms with Gasteiger partial charge in [0.2, 0.25) is 0 Å². The summed E-state index contributed by atoms with van der Waals surface area (Å²) in [7, 11) is 1.54. The fourth-order valence-corrected chi connectivity index (χ4v) is 2.40. The van der Waals surface area contributed by atoms with Crippen molar-refractivity contribution in [3.05, 3.63) is 71.8 Å². The van der Waals surface area contributed by atoms with Gasteiger partial charge in [0, 0.05) is 17.1 Å². The van der Waals surface area contributed by atoms with Crippen molar-refractivity contribution in [2.24, 2.45) is 0 Å². The molecule has 0 fully saturated rings. The lowest BCUT2D eigenvalue weighted by molar-refractivity contribution is 0.220. The van der Waals surface area contributed by atoms with Crippen LogP contribution in [0.5, 0.6) is 5.75 Å². The number of ether oxygens (including phenoxy) is 1. The number of methoxy groups -OCH3 is 1. The molecule has 1 unspecified atom stereocenters. The van der Waals surface area contributed by atoms with Gasteiger partial charge in [0.1, 0.15) is 17.7 Å². The molecule has 1 aromatic heterocycles. The van der Waals surface area contributed by atoms with Crippen molar-refractivity contribution in [2.45, 2.75) is 6.10 Å². The summed E-state index contributed by atoms with van der Waals surface area (Å²) in [6.45, 7) is 0. The Morgan fingerprint density at radius 3 is 2.62 bits per heavy atom. The van der Waals surface area contributed by atoms with Crippen LogP contribution in [-0.2, 0) is 0 Å². The van der Waals surface area contributed by atoms with Gasteiger partial charge < -0.3 is 9.84 Å². The quantitative estimate of drug-likeness (QED) is 0.800. The molecule has 0 aliphatic rings. The molecule has 0 bridgehead atoms. The Kier molecular flexibility index (Phi) is 3.54. The second kappa shape index (κ2) is 5.50. The van der Waals surface area contributed by atoms with Gasteiger partial charge in [0.25, 0.3) is 0 Å². The van der Waals surface area contributed by atoms with Gasteiger partial charge in [-0.2, -0.15) is 0 Å². The molecular weight excluding hydrogens is 269 g/mol. The first kappa shape index (κ1) is 13.5. The van der Waals surface area contributed by atoms with E-state index in [1.165, 1.54) is 6.07 Å². The molecule has 3 aromatic rings. The molecule has 3 nitrogen and oxygen atoms in total. The van der Waals surface area contributed by atoms with E-state index in [-0.39, 0.29) is 5.82 Å². The Labute approximate surface area is 121 Å². The van der Waals surface area contributed by atoms with Gasteiger partial charge in [0.15, 0.2) is 0 Å². The zero-order chi connectivity index (χ0) is 14.8. The number of rotatable bonds is 3. The number of aromatic nitrogens is 1. The van der Waals surface area contributed by atoms with E-state index in [1.54, 1.807) is 49.8 Å². The van der Waals surface area contributed by atoms with Crippen molar-refractivity contribution >= 4 is 10.8 Å². The number of pyridine rings is 1. The highest BCUT2D eigenvalue weighted by atomic mass is 19.1. The minimum absolute atomic E-state index is 0.301. The van der Waals surface area contributed by atoms with Crippen LogP contribution in [0.4, 0.5) is 4.39 Å². The van der Waals surface area contributed by atoms with Crippen molar-refractivity contribution in [1.29, 1.82) is 0 Å². The summed E-state index contributed by atoms with van der Waals surface area (Å²) in [6.07, 6.45) is 2.25. The smallest absolute Gasteiger partial charge is 0.137 e. The summed E-state index contributed by atoms with van der Waals surface area (Å²) >= 11 is 0. The first-order valence-corrected chi connectivity index (χ1v) is 6.55. The lowest BCUT2D eigenvalue weighted by atomic mass is 9.96. The predicted molar refractivity (Wildman–Crippen MR) is 78.8 cm³/mol. The summed E-state index contributed by atoms with van der Waals surface area (Å²) in [5.41, 5.74) is 1.24. The molecule has 106 valence electrons. The third-order valence-corrected chi connectivity index (χ3v) is 3.48.